The zero-order valence-electron chi connectivity index (χ0n) is 16.8. The molecule has 0 aromatic heterocycles. The van der Waals surface area contributed by atoms with E-state index in [0.717, 1.165) is 31.2 Å². The van der Waals surface area contributed by atoms with E-state index in [0.29, 0.717) is 11.5 Å². The molecule has 0 unspecified atom stereocenters. The average Bonchev–Trinajstić information content (AvgIpc) is 2.71. The summed E-state index contributed by atoms with van der Waals surface area (Å²) in [5.41, 5.74) is 4.74. The van der Waals surface area contributed by atoms with Crippen LogP contribution in [0.5, 0.6) is 11.5 Å². The van der Waals surface area contributed by atoms with Crippen LogP contribution in [0.25, 0.3) is 0 Å². The first kappa shape index (κ1) is 21.1. The van der Waals surface area contributed by atoms with Crippen LogP contribution in [0, 0.1) is 0 Å². The Bertz CT molecular complexity index is 1000. The Labute approximate surface area is 171 Å². The van der Waals surface area contributed by atoms with E-state index in [4.69, 9.17) is 9.47 Å². The number of aryl methyl sites for hydroxylation is 2. The zero-order valence-corrected chi connectivity index (χ0v) is 17.6. The highest BCUT2D eigenvalue weighted by Gasteiger charge is 2.19. The van der Waals surface area contributed by atoms with Crippen molar-refractivity contribution in [2.24, 2.45) is 0 Å². The molecule has 2 aromatic rings. The molecule has 8 heteroatoms. The van der Waals surface area contributed by atoms with Crippen LogP contribution in [0.2, 0.25) is 0 Å². The third kappa shape index (κ3) is 5.07. The fourth-order valence-corrected chi connectivity index (χ4v) is 4.17. The summed E-state index contributed by atoms with van der Waals surface area (Å²) >= 11 is 0. The quantitative estimate of drug-likeness (QED) is 0.674. The Morgan fingerprint density at radius 1 is 1.00 bits per heavy atom. The van der Waals surface area contributed by atoms with Gasteiger partial charge in [0.1, 0.15) is 0 Å². The number of amides is 1. The van der Waals surface area contributed by atoms with Crippen molar-refractivity contribution in [1.82, 2.24) is 10.3 Å². The average molecular weight is 419 g/mol. The molecule has 0 heterocycles. The summed E-state index contributed by atoms with van der Waals surface area (Å²) in [4.78, 5) is 14.7. The number of hydrazine groups is 1. The third-order valence-electron chi connectivity index (χ3n) is 4.72. The molecule has 0 bridgehead atoms. The lowest BCUT2D eigenvalue weighted by Gasteiger charge is -2.17. The van der Waals surface area contributed by atoms with E-state index in [1.165, 1.54) is 18.7 Å². The molecule has 156 valence electrons. The van der Waals surface area contributed by atoms with Crippen molar-refractivity contribution in [3.63, 3.8) is 0 Å². The number of methoxy groups -OCH3 is 1. The van der Waals surface area contributed by atoms with Crippen LogP contribution in [-0.2, 0) is 22.9 Å². The molecule has 0 fully saturated rings. The number of nitrogens with one attached hydrogen (secondary N) is 2. The van der Waals surface area contributed by atoms with Gasteiger partial charge in [0, 0.05) is 5.56 Å². The predicted octanol–water partition coefficient (Wildman–Crippen LogP) is 2.98. The molecular weight excluding hydrogens is 392 g/mol. The molecule has 0 saturated carbocycles. The topological polar surface area (TPSA) is 93.7 Å². The van der Waals surface area contributed by atoms with Crippen LogP contribution in [0.1, 0.15) is 48.2 Å². The maximum Gasteiger partial charge on any atom is 0.266 e. The fourth-order valence-electron chi connectivity index (χ4n) is 3.28. The molecule has 7 nitrogen and oxygen atoms in total. The number of fused-ring (bicyclic) bond motifs is 1. The Hall–Kier alpha value is -2.58. The van der Waals surface area contributed by atoms with Gasteiger partial charge in [0.05, 0.1) is 18.1 Å². The Kier molecular flexibility index (Phi) is 6.44. The van der Waals surface area contributed by atoms with Crippen molar-refractivity contribution < 1.29 is 22.7 Å². The van der Waals surface area contributed by atoms with Crippen molar-refractivity contribution in [2.75, 3.05) is 7.11 Å². The summed E-state index contributed by atoms with van der Waals surface area (Å²) in [6.45, 7) is 3.77. The molecule has 0 spiro atoms. The number of benzene rings is 2. The number of hydrogen-bond donors (Lipinski definition) is 2. The molecule has 1 amide bonds. The van der Waals surface area contributed by atoms with Gasteiger partial charge in [0.15, 0.2) is 11.5 Å². The first-order chi connectivity index (χ1) is 13.8. The zero-order chi connectivity index (χ0) is 21.0. The molecule has 0 atom stereocenters. The molecule has 2 aromatic carbocycles. The molecule has 0 saturated heterocycles. The highest BCUT2D eigenvalue weighted by molar-refractivity contribution is 7.89. The van der Waals surface area contributed by atoms with Crippen molar-refractivity contribution in [3.8, 4) is 11.5 Å². The van der Waals surface area contributed by atoms with E-state index < -0.39 is 15.9 Å². The highest BCUT2D eigenvalue weighted by atomic mass is 32.2. The van der Waals surface area contributed by atoms with E-state index in [9.17, 15) is 13.2 Å². The molecule has 3 rings (SSSR count). The lowest BCUT2D eigenvalue weighted by molar-refractivity contribution is 0.0944. The standard InChI is InChI=1S/C21H26N2O5S/c1-14(2)28-19-11-9-17(13-20(19)27-3)21(24)22-23-29(25,26)18-10-8-15-6-4-5-7-16(15)12-18/h8-14,23H,4-7H2,1-3H3,(H,22,24). The van der Waals surface area contributed by atoms with Gasteiger partial charge in [-0.1, -0.05) is 6.07 Å². The van der Waals surface area contributed by atoms with Crippen LogP contribution in [0.15, 0.2) is 41.3 Å². The van der Waals surface area contributed by atoms with Crippen LogP contribution < -0.4 is 19.7 Å². The van der Waals surface area contributed by atoms with Crippen molar-refractivity contribution in [3.05, 3.63) is 53.1 Å². The van der Waals surface area contributed by atoms with E-state index in [1.54, 1.807) is 24.3 Å². The highest BCUT2D eigenvalue weighted by Crippen LogP contribution is 2.29. The minimum Gasteiger partial charge on any atom is -0.493 e. The van der Waals surface area contributed by atoms with Crippen molar-refractivity contribution >= 4 is 15.9 Å². The molecule has 0 aliphatic heterocycles. The number of sulfonamides is 1. The number of hydrogen-bond acceptors (Lipinski definition) is 5. The number of ether oxygens (including phenoxy) is 2. The Morgan fingerprint density at radius 2 is 1.72 bits per heavy atom. The van der Waals surface area contributed by atoms with E-state index in [2.05, 4.69) is 10.3 Å². The van der Waals surface area contributed by atoms with Crippen LogP contribution in [0.3, 0.4) is 0 Å². The lowest BCUT2D eigenvalue weighted by atomic mass is 9.92. The second kappa shape index (κ2) is 8.84. The van der Waals surface area contributed by atoms with E-state index >= 15 is 0 Å². The Morgan fingerprint density at radius 3 is 2.41 bits per heavy atom. The predicted molar refractivity (Wildman–Crippen MR) is 110 cm³/mol. The maximum absolute atomic E-state index is 12.6. The summed E-state index contributed by atoms with van der Waals surface area (Å²) in [5.74, 6) is 0.304. The first-order valence-electron chi connectivity index (χ1n) is 9.59. The van der Waals surface area contributed by atoms with Crippen LogP contribution in [-0.4, -0.2) is 27.5 Å². The van der Waals surface area contributed by atoms with Gasteiger partial charge in [0.25, 0.3) is 15.9 Å². The molecular formula is C21H26N2O5S. The number of carbonyl (C=O) groups is 1. The maximum atomic E-state index is 12.6. The van der Waals surface area contributed by atoms with Gasteiger partial charge in [-0.2, -0.15) is 0 Å². The van der Waals surface area contributed by atoms with E-state index in [1.807, 2.05) is 19.9 Å². The number of carbonyl (C=O) groups excluding carboxylic acids is 1. The van der Waals surface area contributed by atoms with Gasteiger partial charge >= 0.3 is 0 Å². The van der Waals surface area contributed by atoms with Gasteiger partial charge in [-0.3, -0.25) is 10.2 Å². The SMILES string of the molecule is COc1cc(C(=O)NNS(=O)(=O)c2ccc3c(c2)CCCC3)ccc1OC(C)C. The first-order valence-corrected chi connectivity index (χ1v) is 11.1. The van der Waals surface area contributed by atoms with Crippen LogP contribution in [0.4, 0.5) is 0 Å². The second-order valence-electron chi connectivity index (χ2n) is 7.23. The Balaban J connectivity index is 1.71. The lowest BCUT2D eigenvalue weighted by Crippen LogP contribution is -2.41. The molecule has 1 aliphatic rings. The normalized spacial score (nSPS) is 13.7. The van der Waals surface area contributed by atoms with E-state index in [-0.39, 0.29) is 16.6 Å². The number of rotatable bonds is 7. The summed E-state index contributed by atoms with van der Waals surface area (Å²) in [6.07, 6.45) is 3.97. The minimum absolute atomic E-state index is 0.0491. The summed E-state index contributed by atoms with van der Waals surface area (Å²) in [7, 11) is -2.40. The minimum atomic E-state index is -3.87. The van der Waals surface area contributed by atoms with Gasteiger partial charge in [-0.15, -0.1) is 4.83 Å². The van der Waals surface area contributed by atoms with Gasteiger partial charge in [-0.25, -0.2) is 8.42 Å². The van der Waals surface area contributed by atoms with Gasteiger partial charge in [-0.05, 0) is 81.0 Å². The molecule has 2 N–H and O–H groups in total. The summed E-state index contributed by atoms with van der Waals surface area (Å²) in [5, 5.41) is 0. The summed E-state index contributed by atoms with van der Waals surface area (Å²) in [6, 6.07) is 9.77. The third-order valence-corrected chi connectivity index (χ3v) is 5.96. The van der Waals surface area contributed by atoms with Crippen molar-refractivity contribution in [2.45, 2.75) is 50.5 Å². The largest absolute Gasteiger partial charge is 0.493 e. The molecule has 1 aliphatic carbocycles. The molecule has 0 radical (unpaired) electrons. The van der Waals surface area contributed by atoms with Gasteiger partial charge < -0.3 is 9.47 Å². The fraction of sp³-hybridized carbons (Fsp3) is 0.381. The van der Waals surface area contributed by atoms with Crippen LogP contribution >= 0.6 is 0 Å². The van der Waals surface area contributed by atoms with Gasteiger partial charge in [0.2, 0.25) is 0 Å². The second-order valence-corrected chi connectivity index (χ2v) is 8.91. The summed E-state index contributed by atoms with van der Waals surface area (Å²) < 4.78 is 36.0. The smallest absolute Gasteiger partial charge is 0.266 e. The molecule has 29 heavy (non-hydrogen) atoms. The van der Waals surface area contributed by atoms with Crippen molar-refractivity contribution in [1.29, 1.82) is 0 Å². The monoisotopic (exact) mass is 418 g/mol.